The number of aliphatic hydroxyl groups excluding tert-OH is 1. The van der Waals surface area contributed by atoms with Crippen molar-refractivity contribution in [3.05, 3.63) is 11.6 Å². The average molecular weight is 500 g/mol. The lowest BCUT2D eigenvalue weighted by Gasteiger charge is -2.34. The number of rotatable bonds is 16. The summed E-state index contributed by atoms with van der Waals surface area (Å²) in [5, 5.41) is 28.2. The van der Waals surface area contributed by atoms with Crippen LogP contribution in [0.2, 0.25) is 0 Å². The van der Waals surface area contributed by atoms with Crippen LogP contribution in [0, 0.1) is 0 Å². The molecule has 8 N–H and O–H groups in total. The number of hydrogen-bond donors (Lipinski definition) is 7. The summed E-state index contributed by atoms with van der Waals surface area (Å²) in [4.78, 5) is 57.1. The molecule has 0 aliphatic heterocycles. The third-order valence-electron chi connectivity index (χ3n) is 5.23. The van der Waals surface area contributed by atoms with Gasteiger partial charge in [0.15, 0.2) is 0 Å². The first-order valence-corrected chi connectivity index (χ1v) is 11.6. The fourth-order valence-corrected chi connectivity index (χ4v) is 3.44. The van der Waals surface area contributed by atoms with Crippen molar-refractivity contribution in [2.75, 3.05) is 32.8 Å². The summed E-state index contributed by atoms with van der Waals surface area (Å²) in [5.74, 6) is -2.41. The predicted octanol–water partition coefficient (Wildman–Crippen LogP) is -2.09. The predicted molar refractivity (Wildman–Crippen MR) is 125 cm³/mol. The summed E-state index contributed by atoms with van der Waals surface area (Å²) < 4.78 is 5.80. The summed E-state index contributed by atoms with van der Waals surface area (Å²) in [6.45, 7) is 1.94. The summed E-state index contributed by atoms with van der Waals surface area (Å²) in [7, 11) is 0. The van der Waals surface area contributed by atoms with E-state index in [1.807, 2.05) is 0 Å². The smallest absolute Gasteiger partial charge is 0.331 e. The second-order valence-electron chi connectivity index (χ2n) is 8.20. The first-order valence-electron chi connectivity index (χ1n) is 11.6. The van der Waals surface area contributed by atoms with Gasteiger partial charge in [-0.2, -0.15) is 0 Å². The van der Waals surface area contributed by atoms with Gasteiger partial charge in [0.2, 0.25) is 23.6 Å². The number of nitrogens with two attached hydrogens (primary N) is 1. The second-order valence-corrected chi connectivity index (χ2v) is 8.20. The zero-order valence-electron chi connectivity index (χ0n) is 20.0. The molecule has 13 nitrogen and oxygen atoms in total. The number of aliphatic hydroxyl groups is 1. The lowest BCUT2D eigenvalue weighted by atomic mass is 9.88. The molecule has 35 heavy (non-hydrogen) atoms. The lowest BCUT2D eigenvalue weighted by Crippen LogP contribution is -2.56. The van der Waals surface area contributed by atoms with Gasteiger partial charge in [0.25, 0.3) is 0 Å². The largest absolute Gasteiger partial charge is 0.478 e. The molecule has 1 rings (SSSR count). The topological polar surface area (TPSA) is 209 Å². The van der Waals surface area contributed by atoms with Crippen molar-refractivity contribution in [2.24, 2.45) is 5.73 Å². The van der Waals surface area contributed by atoms with E-state index in [2.05, 4.69) is 21.3 Å². The highest BCUT2D eigenvalue weighted by molar-refractivity contribution is 5.87. The molecule has 1 aliphatic rings. The van der Waals surface area contributed by atoms with Crippen LogP contribution < -0.4 is 27.0 Å². The Morgan fingerprint density at radius 2 is 1.57 bits per heavy atom. The van der Waals surface area contributed by atoms with Crippen molar-refractivity contribution in [2.45, 2.75) is 63.6 Å². The number of aliphatic carboxylic acids is 1. The Labute approximate surface area is 204 Å². The van der Waals surface area contributed by atoms with Crippen LogP contribution in [-0.4, -0.2) is 90.8 Å². The standard InChI is InChI=1S/C22H37N5O8/c1-14(29)27-21-16(23)11-15(22(33)34)12-17(21)35-10-4-2-3-7-24-18(30)5-6-19(31)25-8-9-26-20(32)13-28/h12,16-17,21,28H,2-11,13,23H2,1H3,(H,24,30)(H,25,31)(H,26,32)(H,27,29)(H,33,34)/t16-,17+,21+/m0/s1. The monoisotopic (exact) mass is 499 g/mol. The quantitative estimate of drug-likeness (QED) is 0.116. The number of unbranched alkanes of at least 4 members (excludes halogenated alkanes) is 2. The molecule has 0 unspecified atom stereocenters. The van der Waals surface area contributed by atoms with Crippen molar-refractivity contribution in [3.8, 4) is 0 Å². The average Bonchev–Trinajstić information content (AvgIpc) is 2.80. The maximum atomic E-state index is 11.8. The van der Waals surface area contributed by atoms with Gasteiger partial charge >= 0.3 is 5.97 Å². The van der Waals surface area contributed by atoms with Gasteiger partial charge < -0.3 is 42.0 Å². The molecule has 0 bridgehead atoms. The molecular formula is C22H37N5O8. The van der Waals surface area contributed by atoms with E-state index in [0.717, 1.165) is 6.42 Å². The molecule has 0 aromatic carbocycles. The van der Waals surface area contributed by atoms with Crippen LogP contribution in [-0.2, 0) is 28.7 Å². The van der Waals surface area contributed by atoms with Crippen LogP contribution in [0.15, 0.2) is 11.6 Å². The van der Waals surface area contributed by atoms with Gasteiger partial charge in [0.05, 0.1) is 12.1 Å². The molecule has 3 atom stereocenters. The van der Waals surface area contributed by atoms with Gasteiger partial charge in [-0.05, 0) is 31.8 Å². The van der Waals surface area contributed by atoms with Crippen molar-refractivity contribution in [3.63, 3.8) is 0 Å². The molecule has 0 spiro atoms. The third kappa shape index (κ3) is 12.9. The van der Waals surface area contributed by atoms with Crippen molar-refractivity contribution < 1.29 is 38.9 Å². The van der Waals surface area contributed by atoms with Crippen molar-refractivity contribution >= 4 is 29.6 Å². The van der Waals surface area contributed by atoms with E-state index >= 15 is 0 Å². The number of hydrogen-bond acceptors (Lipinski definition) is 8. The van der Waals surface area contributed by atoms with E-state index in [1.54, 1.807) is 0 Å². The number of carbonyl (C=O) groups excluding carboxylic acids is 4. The fraction of sp³-hybridized carbons (Fsp3) is 0.682. The molecule has 0 saturated carbocycles. The van der Waals surface area contributed by atoms with Crippen LogP contribution in [0.1, 0.15) is 45.4 Å². The molecule has 1 aliphatic carbocycles. The zero-order valence-corrected chi connectivity index (χ0v) is 20.0. The first-order chi connectivity index (χ1) is 16.6. The highest BCUT2D eigenvalue weighted by Crippen LogP contribution is 2.21. The second kappa shape index (κ2) is 16.6. The minimum atomic E-state index is -1.06. The first kappa shape index (κ1) is 30.0. The number of nitrogens with one attached hydrogen (secondary N) is 4. The maximum absolute atomic E-state index is 11.8. The van der Waals surface area contributed by atoms with E-state index < -0.39 is 36.7 Å². The molecule has 13 heteroatoms. The molecule has 0 radical (unpaired) electrons. The summed E-state index contributed by atoms with van der Waals surface area (Å²) >= 11 is 0. The summed E-state index contributed by atoms with van der Waals surface area (Å²) in [5.41, 5.74) is 6.21. The van der Waals surface area contributed by atoms with Gasteiger partial charge in [0, 0.05) is 57.6 Å². The van der Waals surface area contributed by atoms with Crippen LogP contribution in [0.5, 0.6) is 0 Å². The third-order valence-corrected chi connectivity index (χ3v) is 5.23. The summed E-state index contributed by atoms with van der Waals surface area (Å²) in [6, 6.07) is -1.07. The summed E-state index contributed by atoms with van der Waals surface area (Å²) in [6.07, 6.45) is 3.19. The van der Waals surface area contributed by atoms with Crippen molar-refractivity contribution in [1.29, 1.82) is 0 Å². The molecule has 0 heterocycles. The molecule has 0 saturated heterocycles. The van der Waals surface area contributed by atoms with Gasteiger partial charge in [-0.25, -0.2) is 4.79 Å². The minimum Gasteiger partial charge on any atom is -0.478 e. The highest BCUT2D eigenvalue weighted by atomic mass is 16.5. The SMILES string of the molecule is CC(=O)N[C@@H]1[C@@H](N)CC(C(=O)O)=C[C@H]1OCCCCCNC(=O)CCC(=O)NCCNC(=O)CO. The van der Waals surface area contributed by atoms with E-state index in [4.69, 9.17) is 15.6 Å². The number of ether oxygens (including phenoxy) is 1. The van der Waals surface area contributed by atoms with Crippen molar-refractivity contribution in [1.82, 2.24) is 21.3 Å². The Morgan fingerprint density at radius 1 is 0.971 bits per heavy atom. The molecule has 0 aromatic heterocycles. The van der Waals surface area contributed by atoms with Gasteiger partial charge in [-0.1, -0.05) is 0 Å². The molecule has 4 amide bonds. The van der Waals surface area contributed by atoms with E-state index in [9.17, 15) is 29.1 Å². The Bertz CT molecular complexity index is 773. The number of carboxylic acids is 1. The molecular weight excluding hydrogens is 462 g/mol. The molecule has 198 valence electrons. The van der Waals surface area contributed by atoms with E-state index in [0.29, 0.717) is 26.0 Å². The zero-order chi connectivity index (χ0) is 26.2. The van der Waals surface area contributed by atoms with Crippen LogP contribution >= 0.6 is 0 Å². The van der Waals surface area contributed by atoms with Gasteiger partial charge in [-0.15, -0.1) is 0 Å². The minimum absolute atomic E-state index is 0.0262. The highest BCUT2D eigenvalue weighted by Gasteiger charge is 2.34. The normalized spacial score (nSPS) is 19.3. The van der Waals surface area contributed by atoms with Crippen LogP contribution in [0.3, 0.4) is 0 Å². The lowest BCUT2D eigenvalue weighted by molar-refractivity contribution is -0.133. The van der Waals surface area contributed by atoms with E-state index in [1.165, 1.54) is 13.0 Å². The Balaban J connectivity index is 2.19. The molecule has 0 fully saturated rings. The Hall–Kier alpha value is -3.03. The van der Waals surface area contributed by atoms with Gasteiger partial charge in [-0.3, -0.25) is 19.2 Å². The number of carboxylic acid groups (broad SMARTS) is 1. The van der Waals surface area contributed by atoms with Crippen LogP contribution in [0.25, 0.3) is 0 Å². The Kier molecular flexibility index (Phi) is 14.2. The number of amides is 4. The number of carbonyl (C=O) groups is 5. The van der Waals surface area contributed by atoms with Gasteiger partial charge in [0.1, 0.15) is 6.61 Å². The Morgan fingerprint density at radius 3 is 2.14 bits per heavy atom. The molecule has 0 aromatic rings. The van der Waals surface area contributed by atoms with Crippen LogP contribution in [0.4, 0.5) is 0 Å². The fourth-order valence-electron chi connectivity index (χ4n) is 3.44. The van der Waals surface area contributed by atoms with E-state index in [-0.39, 0.29) is 55.6 Å². The maximum Gasteiger partial charge on any atom is 0.331 e.